The lowest BCUT2D eigenvalue weighted by molar-refractivity contribution is -0.119. The van der Waals surface area contributed by atoms with Crippen LogP contribution in [0.5, 0.6) is 0 Å². The van der Waals surface area contributed by atoms with Gasteiger partial charge in [-0.15, -0.1) is 24.0 Å². The van der Waals surface area contributed by atoms with Gasteiger partial charge in [-0.1, -0.05) is 18.2 Å². The fourth-order valence-electron chi connectivity index (χ4n) is 3.71. The second kappa shape index (κ2) is 11.2. The molecule has 2 aromatic rings. The zero-order valence-corrected chi connectivity index (χ0v) is 19.5. The molecule has 1 aromatic heterocycles. The van der Waals surface area contributed by atoms with Gasteiger partial charge in [0.1, 0.15) is 0 Å². The topological polar surface area (TPSA) is 88.5 Å². The van der Waals surface area contributed by atoms with E-state index in [4.69, 9.17) is 10.7 Å². The molecule has 1 fully saturated rings. The van der Waals surface area contributed by atoms with Gasteiger partial charge in [0.2, 0.25) is 5.91 Å². The molecule has 158 valence electrons. The average Bonchev–Trinajstić information content (AvgIpc) is 3.11. The Morgan fingerprint density at radius 2 is 2.14 bits per heavy atom. The summed E-state index contributed by atoms with van der Waals surface area (Å²) >= 11 is 0. The molecule has 29 heavy (non-hydrogen) atoms. The van der Waals surface area contributed by atoms with Crippen molar-refractivity contribution >= 4 is 35.8 Å². The SMILES string of the molecule is CCNC(=NCc1ccccc1-n1ccc(C)n1)N1CCCC(CC(N)=O)C1.I. The highest BCUT2D eigenvalue weighted by Gasteiger charge is 2.23. The van der Waals surface area contributed by atoms with Crippen molar-refractivity contribution in [2.45, 2.75) is 39.7 Å². The van der Waals surface area contributed by atoms with E-state index in [0.717, 1.165) is 55.4 Å². The van der Waals surface area contributed by atoms with Crippen molar-refractivity contribution in [3.8, 4) is 5.69 Å². The smallest absolute Gasteiger partial charge is 0.217 e. The minimum Gasteiger partial charge on any atom is -0.370 e. The Hall–Kier alpha value is -2.10. The number of nitrogens with one attached hydrogen (secondary N) is 1. The first kappa shape index (κ1) is 23.2. The van der Waals surface area contributed by atoms with Crippen molar-refractivity contribution in [3.05, 3.63) is 47.8 Å². The van der Waals surface area contributed by atoms with Gasteiger partial charge in [-0.25, -0.2) is 9.67 Å². The quantitative estimate of drug-likeness (QED) is 0.356. The molecule has 1 atom stereocenters. The highest BCUT2D eigenvalue weighted by molar-refractivity contribution is 14.0. The molecule has 3 N–H and O–H groups in total. The van der Waals surface area contributed by atoms with E-state index in [9.17, 15) is 4.79 Å². The van der Waals surface area contributed by atoms with Crippen molar-refractivity contribution < 1.29 is 4.79 Å². The number of rotatable bonds is 6. The Labute approximate surface area is 189 Å². The summed E-state index contributed by atoms with van der Waals surface area (Å²) in [4.78, 5) is 18.4. The number of carbonyl (C=O) groups excluding carboxylic acids is 1. The number of carbonyl (C=O) groups is 1. The standard InChI is InChI=1S/C21H30N6O.HI/c1-3-23-21(26-11-6-7-17(15-26)13-20(22)28)24-14-18-8-4-5-9-19(18)27-12-10-16(2)25-27;/h4-5,8-10,12,17H,3,6-7,11,13-15H2,1-2H3,(H2,22,28)(H,23,24);1H. The number of hydrogen-bond acceptors (Lipinski definition) is 3. The van der Waals surface area contributed by atoms with E-state index in [1.54, 1.807) is 0 Å². The van der Waals surface area contributed by atoms with E-state index >= 15 is 0 Å². The molecular formula is C21H31IN6O. The normalized spacial score (nSPS) is 17.0. The van der Waals surface area contributed by atoms with E-state index < -0.39 is 0 Å². The number of para-hydroxylation sites is 1. The number of primary amides is 1. The number of piperidine rings is 1. The molecule has 7 nitrogen and oxygen atoms in total. The first-order chi connectivity index (χ1) is 13.6. The van der Waals surface area contributed by atoms with Crippen LogP contribution in [0.4, 0.5) is 0 Å². The van der Waals surface area contributed by atoms with Crippen LogP contribution in [0.2, 0.25) is 0 Å². The fourth-order valence-corrected chi connectivity index (χ4v) is 3.71. The van der Waals surface area contributed by atoms with Crippen LogP contribution in [0.25, 0.3) is 5.69 Å². The predicted octanol–water partition coefficient (Wildman–Crippen LogP) is 2.85. The molecule has 0 aliphatic carbocycles. The third-order valence-corrected chi connectivity index (χ3v) is 5.00. The molecule has 1 saturated heterocycles. The van der Waals surface area contributed by atoms with Gasteiger partial charge in [0, 0.05) is 32.3 Å². The molecular weight excluding hydrogens is 479 g/mol. The minimum atomic E-state index is -0.225. The summed E-state index contributed by atoms with van der Waals surface area (Å²) in [5.74, 6) is 0.967. The van der Waals surface area contributed by atoms with Crippen molar-refractivity contribution in [2.24, 2.45) is 16.6 Å². The van der Waals surface area contributed by atoms with Crippen molar-refractivity contribution in [1.82, 2.24) is 20.0 Å². The van der Waals surface area contributed by atoms with E-state index in [1.807, 2.05) is 36.0 Å². The first-order valence-electron chi connectivity index (χ1n) is 9.99. The van der Waals surface area contributed by atoms with Crippen LogP contribution < -0.4 is 11.1 Å². The number of likely N-dealkylation sites (tertiary alicyclic amines) is 1. The fraction of sp³-hybridized carbons (Fsp3) is 0.476. The van der Waals surface area contributed by atoms with Crippen LogP contribution in [-0.4, -0.2) is 46.2 Å². The van der Waals surface area contributed by atoms with E-state index in [-0.39, 0.29) is 29.9 Å². The number of nitrogens with two attached hydrogens (primary N) is 1. The molecule has 1 aromatic carbocycles. The number of benzene rings is 1. The van der Waals surface area contributed by atoms with E-state index in [1.165, 1.54) is 0 Å². The Morgan fingerprint density at radius 3 is 2.83 bits per heavy atom. The number of aliphatic imine (C=N–C) groups is 1. The molecule has 0 saturated carbocycles. The third kappa shape index (κ3) is 6.45. The molecule has 0 radical (unpaired) electrons. The number of nitrogens with zero attached hydrogens (tertiary/aromatic N) is 4. The lowest BCUT2D eigenvalue weighted by Gasteiger charge is -2.34. The third-order valence-electron chi connectivity index (χ3n) is 5.00. The second-order valence-corrected chi connectivity index (χ2v) is 7.33. The Kier molecular flexibility index (Phi) is 8.94. The zero-order chi connectivity index (χ0) is 19.9. The average molecular weight is 510 g/mol. The van der Waals surface area contributed by atoms with E-state index in [0.29, 0.717) is 18.9 Å². The zero-order valence-electron chi connectivity index (χ0n) is 17.2. The highest BCUT2D eigenvalue weighted by atomic mass is 127. The summed E-state index contributed by atoms with van der Waals surface area (Å²) in [6, 6.07) is 10.2. The summed E-state index contributed by atoms with van der Waals surface area (Å²) in [5.41, 5.74) is 8.55. The van der Waals surface area contributed by atoms with Crippen LogP contribution >= 0.6 is 24.0 Å². The van der Waals surface area contributed by atoms with Gasteiger partial charge in [-0.05, 0) is 50.3 Å². The van der Waals surface area contributed by atoms with Crippen molar-refractivity contribution in [1.29, 1.82) is 0 Å². The summed E-state index contributed by atoms with van der Waals surface area (Å²) in [7, 11) is 0. The summed E-state index contributed by atoms with van der Waals surface area (Å²) in [5, 5.41) is 7.93. The van der Waals surface area contributed by atoms with Crippen LogP contribution in [-0.2, 0) is 11.3 Å². The molecule has 3 rings (SSSR count). The summed E-state index contributed by atoms with van der Waals surface area (Å²) in [6.07, 6.45) is 4.51. The molecule has 8 heteroatoms. The van der Waals surface area contributed by atoms with Gasteiger partial charge in [-0.2, -0.15) is 5.10 Å². The number of aryl methyl sites for hydroxylation is 1. The maximum atomic E-state index is 11.3. The second-order valence-electron chi connectivity index (χ2n) is 7.33. The lowest BCUT2D eigenvalue weighted by atomic mass is 9.95. The number of guanidine groups is 1. The first-order valence-corrected chi connectivity index (χ1v) is 9.99. The number of halogens is 1. The van der Waals surface area contributed by atoms with Crippen LogP contribution in [0.3, 0.4) is 0 Å². The van der Waals surface area contributed by atoms with Gasteiger partial charge in [0.05, 0.1) is 17.9 Å². The van der Waals surface area contributed by atoms with Crippen LogP contribution in [0, 0.1) is 12.8 Å². The van der Waals surface area contributed by atoms with E-state index in [2.05, 4.69) is 34.4 Å². The molecule has 1 aliphatic heterocycles. The Morgan fingerprint density at radius 1 is 1.34 bits per heavy atom. The van der Waals surface area contributed by atoms with Crippen LogP contribution in [0.15, 0.2) is 41.5 Å². The van der Waals surface area contributed by atoms with Gasteiger partial charge in [0.25, 0.3) is 0 Å². The maximum absolute atomic E-state index is 11.3. The van der Waals surface area contributed by atoms with Crippen molar-refractivity contribution in [3.63, 3.8) is 0 Å². The molecule has 1 amide bonds. The molecule has 0 bridgehead atoms. The minimum absolute atomic E-state index is 0. The van der Waals surface area contributed by atoms with Gasteiger partial charge in [0.15, 0.2) is 5.96 Å². The predicted molar refractivity (Wildman–Crippen MR) is 127 cm³/mol. The summed E-state index contributed by atoms with van der Waals surface area (Å²) in [6.45, 7) is 7.18. The lowest BCUT2D eigenvalue weighted by Crippen LogP contribution is -2.47. The largest absolute Gasteiger partial charge is 0.370 e. The summed E-state index contributed by atoms with van der Waals surface area (Å²) < 4.78 is 1.90. The van der Waals surface area contributed by atoms with Gasteiger partial charge in [-0.3, -0.25) is 4.79 Å². The number of aromatic nitrogens is 2. The van der Waals surface area contributed by atoms with Crippen LogP contribution in [0.1, 0.15) is 37.4 Å². The van der Waals surface area contributed by atoms with Gasteiger partial charge < -0.3 is 16.0 Å². The molecule has 1 aliphatic rings. The van der Waals surface area contributed by atoms with Crippen molar-refractivity contribution in [2.75, 3.05) is 19.6 Å². The molecule has 2 heterocycles. The maximum Gasteiger partial charge on any atom is 0.217 e. The Balaban J connectivity index is 0.00000300. The highest BCUT2D eigenvalue weighted by Crippen LogP contribution is 2.20. The number of hydrogen-bond donors (Lipinski definition) is 2. The monoisotopic (exact) mass is 510 g/mol. The molecule has 0 spiro atoms. The molecule has 1 unspecified atom stereocenters. The Bertz CT molecular complexity index is 834. The van der Waals surface area contributed by atoms with Gasteiger partial charge >= 0.3 is 0 Å². The number of amides is 1.